The van der Waals surface area contributed by atoms with Gasteiger partial charge in [-0.15, -0.1) is 16.4 Å². The average molecular weight is 271 g/mol. The molecule has 0 amide bonds. The molecule has 0 fully saturated rings. The normalized spacial score (nSPS) is 10.8. The van der Waals surface area contributed by atoms with Crippen LogP contribution >= 0.6 is 11.3 Å². The van der Waals surface area contributed by atoms with Crippen LogP contribution in [0.2, 0.25) is 0 Å². The molecule has 0 atom stereocenters. The first-order valence-corrected chi connectivity index (χ1v) is 6.76. The van der Waals surface area contributed by atoms with E-state index in [-0.39, 0.29) is 0 Å². The van der Waals surface area contributed by atoms with Gasteiger partial charge in [0.2, 0.25) is 0 Å². The van der Waals surface area contributed by atoms with Crippen LogP contribution in [0, 0.1) is 0 Å². The number of nitrogens with zero attached hydrogens (tertiary/aromatic N) is 4. The zero-order chi connectivity index (χ0) is 13.2. The van der Waals surface area contributed by atoms with E-state index in [2.05, 4.69) is 15.1 Å². The Morgan fingerprint density at radius 2 is 2.26 bits per heavy atom. The van der Waals surface area contributed by atoms with Crippen molar-refractivity contribution in [2.75, 3.05) is 0 Å². The van der Waals surface area contributed by atoms with E-state index in [1.54, 1.807) is 22.2 Å². The van der Waals surface area contributed by atoms with E-state index >= 15 is 0 Å². The summed E-state index contributed by atoms with van der Waals surface area (Å²) in [4.78, 5) is 9.85. The van der Waals surface area contributed by atoms with Gasteiger partial charge in [-0.25, -0.2) is 9.67 Å². The lowest BCUT2D eigenvalue weighted by molar-refractivity contribution is 0.777. The van der Waals surface area contributed by atoms with E-state index < -0.39 is 0 Å². The first-order chi connectivity index (χ1) is 9.28. The predicted octanol–water partition coefficient (Wildman–Crippen LogP) is 2.06. The zero-order valence-electron chi connectivity index (χ0n) is 10.4. The van der Waals surface area contributed by atoms with Crippen molar-refractivity contribution in [1.82, 2.24) is 19.7 Å². The molecule has 0 aliphatic heterocycles. The number of hydrogen-bond acceptors (Lipinski definition) is 5. The minimum Gasteiger partial charge on any atom is -0.325 e. The molecule has 3 heterocycles. The average Bonchev–Trinajstić information content (AvgIpc) is 3.07. The van der Waals surface area contributed by atoms with E-state index in [1.165, 1.54) is 0 Å². The quantitative estimate of drug-likeness (QED) is 0.791. The number of rotatable bonds is 3. The van der Waals surface area contributed by atoms with Crippen LogP contribution in [-0.2, 0) is 13.6 Å². The summed E-state index contributed by atoms with van der Waals surface area (Å²) in [6.07, 6.45) is 1.75. The van der Waals surface area contributed by atoms with E-state index in [1.807, 2.05) is 36.7 Å². The molecule has 0 aliphatic rings. The van der Waals surface area contributed by atoms with Crippen molar-refractivity contribution < 1.29 is 0 Å². The molecule has 0 aromatic carbocycles. The van der Waals surface area contributed by atoms with Gasteiger partial charge in [-0.3, -0.25) is 4.98 Å². The minimum atomic E-state index is 0.420. The molecule has 0 unspecified atom stereocenters. The second kappa shape index (κ2) is 4.91. The second-order valence-corrected chi connectivity index (χ2v) is 5.05. The van der Waals surface area contributed by atoms with Crippen LogP contribution < -0.4 is 5.73 Å². The summed E-state index contributed by atoms with van der Waals surface area (Å²) in [6.45, 7) is 0.420. The van der Waals surface area contributed by atoms with Crippen LogP contribution in [0.1, 0.15) is 5.69 Å². The third-order valence-corrected chi connectivity index (χ3v) is 3.65. The molecule has 0 spiro atoms. The molecule has 5 nitrogen and oxygen atoms in total. The van der Waals surface area contributed by atoms with Crippen LogP contribution in [0.4, 0.5) is 0 Å². The Hall–Kier alpha value is -2.05. The number of aryl methyl sites for hydroxylation is 1. The van der Waals surface area contributed by atoms with Crippen molar-refractivity contribution in [1.29, 1.82) is 0 Å². The molecule has 0 radical (unpaired) electrons. The van der Waals surface area contributed by atoms with Crippen molar-refractivity contribution >= 4 is 11.3 Å². The van der Waals surface area contributed by atoms with Crippen molar-refractivity contribution in [2.24, 2.45) is 12.8 Å². The second-order valence-electron chi connectivity index (χ2n) is 4.10. The number of thiophene rings is 1. The van der Waals surface area contributed by atoms with Crippen LogP contribution in [0.15, 0.2) is 35.8 Å². The fourth-order valence-electron chi connectivity index (χ4n) is 1.87. The summed E-state index contributed by atoms with van der Waals surface area (Å²) >= 11 is 1.63. The van der Waals surface area contributed by atoms with Crippen LogP contribution in [0.3, 0.4) is 0 Å². The summed E-state index contributed by atoms with van der Waals surface area (Å²) in [5, 5.41) is 6.47. The maximum atomic E-state index is 5.61. The van der Waals surface area contributed by atoms with Gasteiger partial charge in [0.1, 0.15) is 0 Å². The first-order valence-electron chi connectivity index (χ1n) is 5.88. The molecular weight excluding hydrogens is 258 g/mol. The molecule has 19 heavy (non-hydrogen) atoms. The van der Waals surface area contributed by atoms with Crippen molar-refractivity contribution in [2.45, 2.75) is 6.54 Å². The van der Waals surface area contributed by atoms with Gasteiger partial charge in [-0.05, 0) is 23.6 Å². The molecule has 6 heteroatoms. The van der Waals surface area contributed by atoms with Crippen LogP contribution in [0.25, 0.3) is 22.1 Å². The smallest absolute Gasteiger partial charge is 0.191 e. The SMILES string of the molecule is Cn1nc(-c2cccs2)nc1-c1ccnc(CN)c1. The molecule has 0 bridgehead atoms. The van der Waals surface area contributed by atoms with Gasteiger partial charge in [0.15, 0.2) is 11.6 Å². The van der Waals surface area contributed by atoms with Crippen LogP contribution in [-0.4, -0.2) is 19.7 Å². The van der Waals surface area contributed by atoms with Crippen molar-refractivity contribution in [3.05, 3.63) is 41.5 Å². The molecular formula is C13H13N5S. The van der Waals surface area contributed by atoms with Gasteiger partial charge in [-0.1, -0.05) is 6.07 Å². The number of nitrogens with two attached hydrogens (primary N) is 1. The Bertz CT molecular complexity index is 687. The Kier molecular flexibility index (Phi) is 3.10. The fourth-order valence-corrected chi connectivity index (χ4v) is 2.53. The van der Waals surface area contributed by atoms with E-state index in [0.717, 1.165) is 27.8 Å². The summed E-state index contributed by atoms with van der Waals surface area (Å²) in [5.74, 6) is 1.57. The number of hydrogen-bond donors (Lipinski definition) is 1. The summed E-state index contributed by atoms with van der Waals surface area (Å²) in [5.41, 5.74) is 7.44. The molecule has 0 saturated heterocycles. The maximum Gasteiger partial charge on any atom is 0.191 e. The van der Waals surface area contributed by atoms with Gasteiger partial charge in [-0.2, -0.15) is 0 Å². The largest absolute Gasteiger partial charge is 0.325 e. The van der Waals surface area contributed by atoms with Gasteiger partial charge < -0.3 is 5.73 Å². The molecule has 3 rings (SSSR count). The predicted molar refractivity (Wildman–Crippen MR) is 75.4 cm³/mol. The summed E-state index contributed by atoms with van der Waals surface area (Å²) in [6, 6.07) is 7.88. The Morgan fingerprint density at radius 1 is 1.37 bits per heavy atom. The van der Waals surface area contributed by atoms with Gasteiger partial charge >= 0.3 is 0 Å². The zero-order valence-corrected chi connectivity index (χ0v) is 11.3. The van der Waals surface area contributed by atoms with Gasteiger partial charge in [0.05, 0.1) is 10.6 Å². The van der Waals surface area contributed by atoms with Crippen molar-refractivity contribution in [3.63, 3.8) is 0 Å². The Balaban J connectivity index is 2.05. The lowest BCUT2D eigenvalue weighted by atomic mass is 10.2. The minimum absolute atomic E-state index is 0.420. The lowest BCUT2D eigenvalue weighted by Gasteiger charge is -2.01. The Labute approximate surface area is 114 Å². The molecule has 96 valence electrons. The third-order valence-electron chi connectivity index (χ3n) is 2.79. The topological polar surface area (TPSA) is 69.6 Å². The van der Waals surface area contributed by atoms with Crippen LogP contribution in [0.5, 0.6) is 0 Å². The standard InChI is InChI=1S/C13H13N5S/c1-18-13(9-4-5-15-10(7-9)8-14)16-12(17-18)11-3-2-6-19-11/h2-7H,8,14H2,1H3. The highest BCUT2D eigenvalue weighted by Gasteiger charge is 2.12. The number of aromatic nitrogens is 4. The number of pyridine rings is 1. The van der Waals surface area contributed by atoms with E-state index in [0.29, 0.717) is 6.54 Å². The third kappa shape index (κ3) is 2.27. The highest BCUT2D eigenvalue weighted by Crippen LogP contribution is 2.24. The molecule has 2 N–H and O–H groups in total. The molecule has 0 aliphatic carbocycles. The van der Waals surface area contributed by atoms with E-state index in [9.17, 15) is 0 Å². The molecule has 3 aromatic heterocycles. The van der Waals surface area contributed by atoms with Gasteiger partial charge in [0, 0.05) is 25.4 Å². The van der Waals surface area contributed by atoms with Gasteiger partial charge in [0.25, 0.3) is 0 Å². The monoisotopic (exact) mass is 271 g/mol. The summed E-state index contributed by atoms with van der Waals surface area (Å²) < 4.78 is 1.78. The maximum absolute atomic E-state index is 5.61. The van der Waals surface area contributed by atoms with Crippen molar-refractivity contribution in [3.8, 4) is 22.1 Å². The summed E-state index contributed by atoms with van der Waals surface area (Å²) in [7, 11) is 1.89. The van der Waals surface area contributed by atoms with E-state index in [4.69, 9.17) is 5.73 Å². The molecule has 0 saturated carbocycles. The lowest BCUT2D eigenvalue weighted by Crippen LogP contribution is -2.00. The highest BCUT2D eigenvalue weighted by molar-refractivity contribution is 7.13. The molecule has 3 aromatic rings. The highest BCUT2D eigenvalue weighted by atomic mass is 32.1. The Morgan fingerprint density at radius 3 is 3.00 bits per heavy atom. The first kappa shape index (κ1) is 12.0. The fraction of sp³-hybridized carbons (Fsp3) is 0.154.